The van der Waals surface area contributed by atoms with Crippen LogP contribution < -0.4 is 4.74 Å². The van der Waals surface area contributed by atoms with Crippen molar-refractivity contribution >= 4 is 11.9 Å². The molecule has 1 heterocycles. The molecule has 8 nitrogen and oxygen atoms in total. The number of aromatic hydroxyl groups is 1. The first-order chi connectivity index (χ1) is 8.58. The van der Waals surface area contributed by atoms with Crippen LogP contribution in [0.15, 0.2) is 24.3 Å². The lowest BCUT2D eigenvalue weighted by atomic mass is 10.3. The van der Waals surface area contributed by atoms with Crippen molar-refractivity contribution in [1.29, 1.82) is 0 Å². The molecular weight excluding hydrogens is 242 g/mol. The molecule has 92 valence electrons. The third-order valence-electron chi connectivity index (χ3n) is 1.99. The molecule has 0 fully saturated rings. The Bertz CT molecular complexity index is 590. The van der Waals surface area contributed by atoms with Gasteiger partial charge in [-0.05, 0) is 24.3 Å². The fourth-order valence-corrected chi connectivity index (χ4v) is 1.19. The standard InChI is InChI=1S/C10H7N3O5/c14-5-1-3-6(4-2-5)18-10(17)8-7(9(15)16)11-13-12-8/h1-4,14H,(H,15,16)(H,11,12,13). The molecule has 3 N–H and O–H groups in total. The van der Waals surface area contributed by atoms with E-state index in [1.54, 1.807) is 0 Å². The fraction of sp³-hybridized carbons (Fsp3) is 0. The number of H-pyrrole nitrogens is 1. The van der Waals surface area contributed by atoms with E-state index in [1.165, 1.54) is 24.3 Å². The quantitative estimate of drug-likeness (QED) is 0.531. The summed E-state index contributed by atoms with van der Waals surface area (Å²) < 4.78 is 4.87. The van der Waals surface area contributed by atoms with E-state index < -0.39 is 23.3 Å². The molecule has 0 amide bonds. The zero-order valence-corrected chi connectivity index (χ0v) is 8.82. The van der Waals surface area contributed by atoms with E-state index in [1.807, 2.05) is 5.21 Å². The number of aromatic carboxylic acids is 1. The summed E-state index contributed by atoms with van der Waals surface area (Å²) in [4.78, 5) is 22.3. The van der Waals surface area contributed by atoms with Gasteiger partial charge in [-0.15, -0.1) is 10.2 Å². The first-order valence-electron chi connectivity index (χ1n) is 4.73. The topological polar surface area (TPSA) is 125 Å². The Labute approximate surface area is 99.8 Å². The molecule has 2 aromatic rings. The minimum Gasteiger partial charge on any atom is -0.508 e. The van der Waals surface area contributed by atoms with Crippen molar-refractivity contribution in [3.63, 3.8) is 0 Å². The number of carbonyl (C=O) groups is 2. The lowest BCUT2D eigenvalue weighted by Crippen LogP contribution is -2.14. The first kappa shape index (κ1) is 11.6. The second-order valence-electron chi connectivity index (χ2n) is 3.21. The molecule has 0 aliphatic carbocycles. The Morgan fingerprint density at radius 2 is 1.72 bits per heavy atom. The van der Waals surface area contributed by atoms with E-state index in [0.29, 0.717) is 0 Å². The van der Waals surface area contributed by atoms with Gasteiger partial charge in [-0.2, -0.15) is 5.21 Å². The number of nitrogens with one attached hydrogen (secondary N) is 1. The Morgan fingerprint density at radius 3 is 2.33 bits per heavy atom. The minimum absolute atomic E-state index is 0.0162. The average molecular weight is 249 g/mol. The molecule has 0 bridgehead atoms. The zero-order valence-electron chi connectivity index (χ0n) is 8.82. The van der Waals surface area contributed by atoms with Crippen molar-refractivity contribution < 1.29 is 24.5 Å². The highest BCUT2D eigenvalue weighted by Crippen LogP contribution is 2.17. The van der Waals surface area contributed by atoms with Gasteiger partial charge in [0.05, 0.1) is 0 Å². The minimum atomic E-state index is -1.39. The van der Waals surface area contributed by atoms with Crippen molar-refractivity contribution in [3.8, 4) is 11.5 Å². The van der Waals surface area contributed by atoms with Crippen LogP contribution in [0.1, 0.15) is 21.0 Å². The van der Waals surface area contributed by atoms with Crippen LogP contribution >= 0.6 is 0 Å². The molecule has 0 saturated heterocycles. The lowest BCUT2D eigenvalue weighted by Gasteiger charge is -2.02. The molecule has 18 heavy (non-hydrogen) atoms. The van der Waals surface area contributed by atoms with E-state index in [0.717, 1.165) is 0 Å². The Kier molecular flexibility index (Phi) is 2.92. The number of carbonyl (C=O) groups excluding carboxylic acids is 1. The predicted octanol–water partition coefficient (Wildman–Crippen LogP) is 0.428. The molecule has 0 unspecified atom stereocenters. The summed E-state index contributed by atoms with van der Waals surface area (Å²) in [5.41, 5.74) is -0.936. The van der Waals surface area contributed by atoms with Gasteiger partial charge in [0.1, 0.15) is 11.5 Å². The van der Waals surface area contributed by atoms with Crippen LogP contribution in [0.4, 0.5) is 0 Å². The maximum absolute atomic E-state index is 11.6. The number of hydrogen-bond donors (Lipinski definition) is 3. The van der Waals surface area contributed by atoms with E-state index in [9.17, 15) is 9.59 Å². The largest absolute Gasteiger partial charge is 0.508 e. The van der Waals surface area contributed by atoms with Crippen LogP contribution in [-0.2, 0) is 0 Å². The molecule has 0 spiro atoms. The average Bonchev–Trinajstić information content (AvgIpc) is 2.81. The monoisotopic (exact) mass is 249 g/mol. The molecular formula is C10H7N3O5. The van der Waals surface area contributed by atoms with E-state index in [2.05, 4.69) is 10.2 Å². The van der Waals surface area contributed by atoms with E-state index in [-0.39, 0.29) is 11.5 Å². The zero-order chi connectivity index (χ0) is 13.1. The number of esters is 1. The smallest absolute Gasteiger partial charge is 0.366 e. The van der Waals surface area contributed by atoms with Gasteiger partial charge >= 0.3 is 11.9 Å². The summed E-state index contributed by atoms with van der Waals surface area (Å²) in [6.07, 6.45) is 0. The molecule has 1 aromatic heterocycles. The highest BCUT2D eigenvalue weighted by Gasteiger charge is 2.23. The van der Waals surface area contributed by atoms with Gasteiger partial charge in [-0.25, -0.2) is 9.59 Å². The summed E-state index contributed by atoms with van der Waals surface area (Å²) in [7, 11) is 0. The number of nitrogens with zero attached hydrogens (tertiary/aromatic N) is 2. The van der Waals surface area contributed by atoms with Crippen molar-refractivity contribution in [2.24, 2.45) is 0 Å². The summed E-state index contributed by atoms with van der Waals surface area (Å²) in [5, 5.41) is 26.5. The third-order valence-corrected chi connectivity index (χ3v) is 1.99. The lowest BCUT2D eigenvalue weighted by molar-refractivity contribution is 0.0661. The molecule has 0 saturated carbocycles. The number of hydrogen-bond acceptors (Lipinski definition) is 6. The molecule has 0 radical (unpaired) electrons. The number of aromatic nitrogens is 3. The Morgan fingerprint density at radius 1 is 1.11 bits per heavy atom. The summed E-state index contributed by atoms with van der Waals surface area (Å²) in [6, 6.07) is 5.36. The van der Waals surface area contributed by atoms with Crippen LogP contribution in [0.3, 0.4) is 0 Å². The third kappa shape index (κ3) is 2.26. The number of aromatic amines is 1. The fourth-order valence-electron chi connectivity index (χ4n) is 1.19. The Balaban J connectivity index is 2.19. The number of phenolic OH excluding ortho intramolecular Hbond substituents is 1. The molecule has 2 rings (SSSR count). The highest BCUT2D eigenvalue weighted by molar-refractivity contribution is 6.00. The van der Waals surface area contributed by atoms with Crippen LogP contribution in [-0.4, -0.2) is 37.6 Å². The molecule has 0 atom stereocenters. The second kappa shape index (κ2) is 4.53. The van der Waals surface area contributed by atoms with Crippen LogP contribution in [0.25, 0.3) is 0 Å². The molecule has 0 aliphatic rings. The van der Waals surface area contributed by atoms with E-state index >= 15 is 0 Å². The molecule has 8 heteroatoms. The molecule has 1 aromatic carbocycles. The van der Waals surface area contributed by atoms with Crippen molar-refractivity contribution in [2.75, 3.05) is 0 Å². The number of phenols is 1. The van der Waals surface area contributed by atoms with Crippen molar-refractivity contribution in [1.82, 2.24) is 15.4 Å². The summed E-state index contributed by atoms with van der Waals surface area (Å²) >= 11 is 0. The second-order valence-corrected chi connectivity index (χ2v) is 3.21. The van der Waals surface area contributed by atoms with Gasteiger partial charge in [0.15, 0.2) is 0 Å². The van der Waals surface area contributed by atoms with Gasteiger partial charge in [-0.3, -0.25) is 0 Å². The predicted molar refractivity (Wildman–Crippen MR) is 56.4 cm³/mol. The van der Waals surface area contributed by atoms with Crippen LogP contribution in [0, 0.1) is 0 Å². The summed E-state index contributed by atoms with van der Waals surface area (Å²) in [6.45, 7) is 0. The number of benzene rings is 1. The highest BCUT2D eigenvalue weighted by atomic mass is 16.5. The number of ether oxygens (including phenoxy) is 1. The van der Waals surface area contributed by atoms with Crippen LogP contribution in [0.2, 0.25) is 0 Å². The first-order valence-corrected chi connectivity index (χ1v) is 4.73. The van der Waals surface area contributed by atoms with Gasteiger partial charge in [0.2, 0.25) is 11.4 Å². The molecule has 0 aliphatic heterocycles. The van der Waals surface area contributed by atoms with Gasteiger partial charge < -0.3 is 14.9 Å². The normalized spacial score (nSPS) is 10.0. The maximum Gasteiger partial charge on any atom is 0.366 e. The van der Waals surface area contributed by atoms with Crippen molar-refractivity contribution in [2.45, 2.75) is 0 Å². The van der Waals surface area contributed by atoms with Gasteiger partial charge in [-0.1, -0.05) is 0 Å². The van der Waals surface area contributed by atoms with Gasteiger partial charge in [0.25, 0.3) is 0 Å². The Hall–Kier alpha value is -2.90. The number of rotatable bonds is 3. The van der Waals surface area contributed by atoms with Crippen molar-refractivity contribution in [3.05, 3.63) is 35.7 Å². The SMILES string of the molecule is O=C(O)c1n[nH]nc1C(=O)Oc1ccc(O)cc1. The number of carboxylic acids is 1. The van der Waals surface area contributed by atoms with E-state index in [4.69, 9.17) is 14.9 Å². The summed E-state index contributed by atoms with van der Waals surface area (Å²) in [5.74, 6) is -2.17. The van der Waals surface area contributed by atoms with Gasteiger partial charge in [0, 0.05) is 0 Å². The number of carboxylic acid groups (broad SMARTS) is 1. The van der Waals surface area contributed by atoms with Crippen LogP contribution in [0.5, 0.6) is 11.5 Å². The maximum atomic E-state index is 11.6.